The average Bonchev–Trinajstić information content (AvgIpc) is 2.70. The second-order valence-electron chi connectivity index (χ2n) is 5.82. The van der Waals surface area contributed by atoms with Crippen LogP contribution in [-0.4, -0.2) is 34.5 Å². The number of pyridine rings is 1. The van der Waals surface area contributed by atoms with Gasteiger partial charge in [-0.25, -0.2) is 18.7 Å². The number of anilines is 2. The van der Waals surface area contributed by atoms with Gasteiger partial charge in [0.2, 0.25) is 5.95 Å². The van der Waals surface area contributed by atoms with Gasteiger partial charge >= 0.3 is 0 Å². The summed E-state index contributed by atoms with van der Waals surface area (Å²) in [5, 5.41) is 2.21. The summed E-state index contributed by atoms with van der Waals surface area (Å²) in [5.41, 5.74) is 0.618. The van der Waals surface area contributed by atoms with Crippen LogP contribution in [0.25, 0.3) is 0 Å². The molecule has 1 N–H and O–H groups in total. The van der Waals surface area contributed by atoms with Gasteiger partial charge in [-0.3, -0.25) is 9.78 Å². The highest BCUT2D eigenvalue weighted by Crippen LogP contribution is 2.19. The molecular formula is C19H17F2N5O. The van der Waals surface area contributed by atoms with Crippen LogP contribution in [0.2, 0.25) is 0 Å². The number of rotatable bonds is 6. The number of nitrogens with zero attached hydrogens (tertiary/aromatic N) is 4. The highest BCUT2D eigenvalue weighted by molar-refractivity contribution is 6.03. The maximum absolute atomic E-state index is 13.7. The van der Waals surface area contributed by atoms with Crippen molar-refractivity contribution in [1.82, 2.24) is 15.0 Å². The molecule has 3 rings (SSSR count). The van der Waals surface area contributed by atoms with Gasteiger partial charge in [0.1, 0.15) is 23.0 Å². The third kappa shape index (κ3) is 4.60. The van der Waals surface area contributed by atoms with E-state index in [9.17, 15) is 13.6 Å². The molecule has 138 valence electrons. The van der Waals surface area contributed by atoms with Gasteiger partial charge in [-0.15, -0.1) is 0 Å². The second kappa shape index (κ2) is 8.31. The third-order valence-electron chi connectivity index (χ3n) is 3.90. The molecule has 8 heteroatoms. The summed E-state index contributed by atoms with van der Waals surface area (Å²) in [7, 11) is 1.80. The SMILES string of the molecule is CN(CCc1ccncc1)c1nccc(C(=O)Nc2c(F)cccc2F)n1. The van der Waals surface area contributed by atoms with Gasteiger partial charge in [0.25, 0.3) is 5.91 Å². The van der Waals surface area contributed by atoms with Gasteiger partial charge in [0.15, 0.2) is 0 Å². The number of nitrogens with one attached hydrogen (secondary N) is 1. The first-order chi connectivity index (χ1) is 13.0. The van der Waals surface area contributed by atoms with Crippen molar-refractivity contribution in [3.63, 3.8) is 0 Å². The van der Waals surface area contributed by atoms with Crippen LogP contribution in [-0.2, 0) is 6.42 Å². The van der Waals surface area contributed by atoms with E-state index in [0.29, 0.717) is 12.5 Å². The van der Waals surface area contributed by atoms with Crippen molar-refractivity contribution < 1.29 is 13.6 Å². The largest absolute Gasteiger partial charge is 0.344 e. The fraction of sp³-hybridized carbons (Fsp3) is 0.158. The Morgan fingerprint density at radius 2 is 1.78 bits per heavy atom. The van der Waals surface area contributed by atoms with E-state index < -0.39 is 23.2 Å². The van der Waals surface area contributed by atoms with Crippen LogP contribution in [0.4, 0.5) is 20.4 Å². The number of carbonyl (C=O) groups is 1. The molecule has 0 spiro atoms. The van der Waals surface area contributed by atoms with Crippen LogP contribution in [0.1, 0.15) is 16.1 Å². The first-order valence-corrected chi connectivity index (χ1v) is 8.23. The highest BCUT2D eigenvalue weighted by atomic mass is 19.1. The minimum atomic E-state index is -0.855. The Bertz CT molecular complexity index is 916. The van der Waals surface area contributed by atoms with Crippen molar-refractivity contribution >= 4 is 17.5 Å². The van der Waals surface area contributed by atoms with Crippen LogP contribution in [0.5, 0.6) is 0 Å². The summed E-state index contributed by atoms with van der Waals surface area (Å²) in [6, 6.07) is 8.58. The second-order valence-corrected chi connectivity index (χ2v) is 5.82. The smallest absolute Gasteiger partial charge is 0.274 e. The Kier molecular flexibility index (Phi) is 5.65. The van der Waals surface area contributed by atoms with Crippen LogP contribution in [0.15, 0.2) is 55.0 Å². The third-order valence-corrected chi connectivity index (χ3v) is 3.90. The van der Waals surface area contributed by atoms with Crippen molar-refractivity contribution in [2.45, 2.75) is 6.42 Å². The van der Waals surface area contributed by atoms with Crippen LogP contribution in [0, 0.1) is 11.6 Å². The standard InChI is InChI=1S/C19H17F2N5O/c1-26(12-8-13-5-9-22-10-6-13)19-23-11-7-16(24-19)18(27)25-17-14(20)3-2-4-15(17)21/h2-7,9-11H,8,12H2,1H3,(H,25,27). The number of hydrogen-bond acceptors (Lipinski definition) is 5. The topological polar surface area (TPSA) is 71.0 Å². The summed E-state index contributed by atoms with van der Waals surface area (Å²) >= 11 is 0. The lowest BCUT2D eigenvalue weighted by molar-refractivity contribution is 0.102. The summed E-state index contributed by atoms with van der Waals surface area (Å²) in [6.45, 7) is 0.622. The van der Waals surface area contributed by atoms with Gasteiger partial charge < -0.3 is 10.2 Å². The van der Waals surface area contributed by atoms with Crippen molar-refractivity contribution in [3.05, 3.63) is 77.9 Å². The predicted octanol–water partition coefficient (Wildman–Crippen LogP) is 3.08. The average molecular weight is 369 g/mol. The fourth-order valence-electron chi connectivity index (χ4n) is 2.40. The van der Waals surface area contributed by atoms with E-state index >= 15 is 0 Å². The minimum Gasteiger partial charge on any atom is -0.344 e. The van der Waals surface area contributed by atoms with Crippen molar-refractivity contribution in [2.24, 2.45) is 0 Å². The maximum Gasteiger partial charge on any atom is 0.274 e. The van der Waals surface area contributed by atoms with E-state index in [1.54, 1.807) is 24.3 Å². The van der Waals surface area contributed by atoms with Crippen molar-refractivity contribution in [1.29, 1.82) is 0 Å². The van der Waals surface area contributed by atoms with Gasteiger partial charge in [0.05, 0.1) is 0 Å². The molecule has 0 aliphatic rings. The Balaban J connectivity index is 1.70. The molecule has 0 radical (unpaired) electrons. The van der Waals surface area contributed by atoms with Crippen molar-refractivity contribution in [3.8, 4) is 0 Å². The number of benzene rings is 1. The lowest BCUT2D eigenvalue weighted by atomic mass is 10.2. The quantitative estimate of drug-likeness (QED) is 0.723. The summed E-state index contributed by atoms with van der Waals surface area (Å²) in [6.07, 6.45) is 5.62. The molecule has 0 aliphatic carbocycles. The van der Waals surface area contributed by atoms with Gasteiger partial charge in [-0.2, -0.15) is 0 Å². The molecule has 1 aromatic carbocycles. The summed E-state index contributed by atoms with van der Waals surface area (Å²) < 4.78 is 27.4. The number of carbonyl (C=O) groups excluding carboxylic acids is 1. The fourth-order valence-corrected chi connectivity index (χ4v) is 2.40. The zero-order valence-electron chi connectivity index (χ0n) is 14.6. The van der Waals surface area contributed by atoms with E-state index in [2.05, 4.69) is 20.3 Å². The van der Waals surface area contributed by atoms with Crippen LogP contribution < -0.4 is 10.2 Å². The molecule has 0 fully saturated rings. The number of halogens is 2. The minimum absolute atomic E-state index is 0.0124. The Hall–Kier alpha value is -3.42. The maximum atomic E-state index is 13.7. The molecule has 2 aromatic heterocycles. The summed E-state index contributed by atoms with van der Waals surface area (Å²) in [4.78, 5) is 26.4. The molecule has 1 amide bonds. The molecule has 27 heavy (non-hydrogen) atoms. The Labute approximate surface area is 154 Å². The molecule has 0 saturated carbocycles. The van der Waals surface area contributed by atoms with Crippen molar-refractivity contribution in [2.75, 3.05) is 23.8 Å². The number of aromatic nitrogens is 3. The Morgan fingerprint density at radius 3 is 2.48 bits per heavy atom. The first-order valence-electron chi connectivity index (χ1n) is 8.23. The molecule has 0 bridgehead atoms. The first kappa shape index (κ1) is 18.4. The lowest BCUT2D eigenvalue weighted by Crippen LogP contribution is -2.24. The number of likely N-dealkylation sites (N-methyl/N-ethyl adjacent to an activating group) is 1. The van der Waals surface area contributed by atoms with E-state index in [-0.39, 0.29) is 5.69 Å². The van der Waals surface area contributed by atoms with E-state index in [4.69, 9.17) is 0 Å². The molecule has 0 saturated heterocycles. The summed E-state index contributed by atoms with van der Waals surface area (Å²) in [5.74, 6) is -2.09. The van der Waals surface area contributed by atoms with E-state index in [1.165, 1.54) is 18.3 Å². The molecule has 3 aromatic rings. The van der Waals surface area contributed by atoms with Crippen LogP contribution >= 0.6 is 0 Å². The lowest BCUT2D eigenvalue weighted by Gasteiger charge is -2.17. The molecular weight excluding hydrogens is 352 g/mol. The zero-order chi connectivity index (χ0) is 19.2. The van der Waals surface area contributed by atoms with Crippen LogP contribution in [0.3, 0.4) is 0 Å². The zero-order valence-corrected chi connectivity index (χ0v) is 14.6. The van der Waals surface area contributed by atoms with Gasteiger partial charge in [-0.05, 0) is 42.3 Å². The van der Waals surface area contributed by atoms with Gasteiger partial charge in [-0.1, -0.05) is 6.07 Å². The van der Waals surface area contributed by atoms with E-state index in [0.717, 1.165) is 24.1 Å². The highest BCUT2D eigenvalue weighted by Gasteiger charge is 2.16. The normalized spacial score (nSPS) is 10.5. The molecule has 0 atom stereocenters. The molecule has 0 unspecified atom stereocenters. The Morgan fingerprint density at radius 1 is 1.07 bits per heavy atom. The molecule has 0 aliphatic heterocycles. The monoisotopic (exact) mass is 369 g/mol. The predicted molar refractivity (Wildman–Crippen MR) is 97.6 cm³/mol. The molecule has 6 nitrogen and oxygen atoms in total. The molecule has 2 heterocycles. The number of para-hydroxylation sites is 1. The number of hydrogen-bond donors (Lipinski definition) is 1. The van der Waals surface area contributed by atoms with E-state index in [1.807, 2.05) is 12.1 Å². The number of amides is 1. The van der Waals surface area contributed by atoms with Gasteiger partial charge in [0, 0.05) is 32.2 Å².